The normalized spacial score (nSPS) is 25.1. The molecule has 0 radical (unpaired) electrons. The van der Waals surface area contributed by atoms with Gasteiger partial charge in [-0.05, 0) is 31.0 Å². The fourth-order valence-electron chi connectivity index (χ4n) is 2.09. The molecule has 4 nitrogen and oxygen atoms in total. The Balaban J connectivity index is 1.88. The maximum absolute atomic E-state index is 10.1. The molecule has 0 spiro atoms. The fraction of sp³-hybridized carbons (Fsp3) is 0.571. The highest BCUT2D eigenvalue weighted by Crippen LogP contribution is 2.20. The molecule has 1 aliphatic rings. The minimum atomic E-state index is -0.506. The van der Waals surface area contributed by atoms with Crippen LogP contribution in [0, 0.1) is 0 Å². The van der Waals surface area contributed by atoms with Crippen LogP contribution in [-0.2, 0) is 4.74 Å². The maximum atomic E-state index is 10.1. The summed E-state index contributed by atoms with van der Waals surface area (Å²) in [6, 6.07) is 7.50. The second-order valence-corrected chi connectivity index (χ2v) is 5.03. The topological polar surface area (TPSA) is 50.7 Å². The smallest absolute Gasteiger partial charge is 0.118 e. The predicted octanol–water partition coefficient (Wildman–Crippen LogP) is 1.50. The third-order valence-electron chi connectivity index (χ3n) is 3.44. The molecule has 0 aromatic heterocycles. The number of benzene rings is 1. The Hall–Kier alpha value is -1.10. The van der Waals surface area contributed by atoms with E-state index >= 15 is 0 Å². The largest absolute Gasteiger partial charge is 0.497 e. The lowest BCUT2D eigenvalue weighted by atomic mass is 10.0. The molecular weight excluding hydrogens is 230 g/mol. The van der Waals surface area contributed by atoms with Gasteiger partial charge in [-0.1, -0.05) is 12.1 Å². The van der Waals surface area contributed by atoms with Crippen LogP contribution >= 0.6 is 0 Å². The van der Waals surface area contributed by atoms with Gasteiger partial charge in [-0.15, -0.1) is 0 Å². The van der Waals surface area contributed by atoms with Crippen molar-refractivity contribution in [2.45, 2.75) is 25.0 Å². The summed E-state index contributed by atoms with van der Waals surface area (Å²) in [4.78, 5) is 0. The highest BCUT2D eigenvalue weighted by molar-refractivity contribution is 5.28. The van der Waals surface area contributed by atoms with E-state index in [4.69, 9.17) is 9.47 Å². The summed E-state index contributed by atoms with van der Waals surface area (Å²) in [6.07, 6.45) is 0.482. The summed E-state index contributed by atoms with van der Waals surface area (Å²) in [7, 11) is 1.63. The first kappa shape index (κ1) is 13.3. The number of hydrogen-bond acceptors (Lipinski definition) is 4. The number of nitrogens with one attached hydrogen (secondary N) is 1. The van der Waals surface area contributed by atoms with Gasteiger partial charge in [0.1, 0.15) is 5.75 Å². The minimum Gasteiger partial charge on any atom is -0.497 e. The summed E-state index contributed by atoms with van der Waals surface area (Å²) >= 11 is 0. The molecule has 2 unspecified atom stereocenters. The van der Waals surface area contributed by atoms with Crippen molar-refractivity contribution >= 4 is 0 Å². The minimum absolute atomic E-state index is 0.00650. The molecule has 1 aromatic rings. The van der Waals surface area contributed by atoms with Crippen LogP contribution in [0.2, 0.25) is 0 Å². The summed E-state index contributed by atoms with van der Waals surface area (Å²) < 4.78 is 10.5. The van der Waals surface area contributed by atoms with Crippen molar-refractivity contribution in [3.8, 4) is 5.75 Å². The summed E-state index contributed by atoms with van der Waals surface area (Å²) in [5, 5.41) is 13.5. The lowest BCUT2D eigenvalue weighted by Gasteiger charge is -2.25. The molecule has 1 heterocycles. The lowest BCUT2D eigenvalue weighted by molar-refractivity contribution is 0.141. The summed E-state index contributed by atoms with van der Waals surface area (Å²) in [5.41, 5.74) is 0.888. The number of rotatable bonds is 5. The molecule has 0 saturated carbocycles. The quantitative estimate of drug-likeness (QED) is 0.832. The van der Waals surface area contributed by atoms with E-state index in [1.807, 2.05) is 24.3 Å². The highest BCUT2D eigenvalue weighted by Gasteiger charge is 2.29. The molecule has 0 amide bonds. The average molecular weight is 251 g/mol. The molecular formula is C14H21NO3. The van der Waals surface area contributed by atoms with Crippen LogP contribution in [0.3, 0.4) is 0 Å². The number of methoxy groups -OCH3 is 1. The molecule has 0 aliphatic carbocycles. The molecule has 2 atom stereocenters. The van der Waals surface area contributed by atoms with Crippen LogP contribution < -0.4 is 10.1 Å². The van der Waals surface area contributed by atoms with Gasteiger partial charge >= 0.3 is 0 Å². The van der Waals surface area contributed by atoms with Crippen LogP contribution in [0.15, 0.2) is 24.3 Å². The Kier molecular flexibility index (Phi) is 4.22. The summed E-state index contributed by atoms with van der Waals surface area (Å²) in [6.45, 7) is 4.16. The van der Waals surface area contributed by atoms with Gasteiger partial charge in [-0.3, -0.25) is 0 Å². The van der Waals surface area contributed by atoms with Gasteiger partial charge in [0.25, 0.3) is 0 Å². The van der Waals surface area contributed by atoms with Gasteiger partial charge < -0.3 is 19.9 Å². The van der Waals surface area contributed by atoms with Crippen LogP contribution in [0.5, 0.6) is 5.75 Å². The molecule has 1 fully saturated rings. The highest BCUT2D eigenvalue weighted by atomic mass is 16.5. The van der Waals surface area contributed by atoms with Crippen molar-refractivity contribution in [1.29, 1.82) is 0 Å². The standard InChI is InChI=1S/C14H21NO3/c1-14(7-8-18-10-14)15-9-13(16)11-3-5-12(17-2)6-4-11/h3-6,13,15-16H,7-10H2,1-2H3. The molecule has 1 aromatic carbocycles. The van der Waals surface area contributed by atoms with E-state index in [1.165, 1.54) is 0 Å². The second-order valence-electron chi connectivity index (χ2n) is 5.03. The number of hydrogen-bond donors (Lipinski definition) is 2. The Morgan fingerprint density at radius 1 is 1.44 bits per heavy atom. The molecule has 2 rings (SSSR count). The lowest BCUT2D eigenvalue weighted by Crippen LogP contribution is -2.44. The fourth-order valence-corrected chi connectivity index (χ4v) is 2.09. The van der Waals surface area contributed by atoms with E-state index in [0.29, 0.717) is 13.2 Å². The van der Waals surface area contributed by atoms with E-state index in [9.17, 15) is 5.11 Å². The Bertz CT molecular complexity index is 371. The van der Waals surface area contributed by atoms with E-state index in [-0.39, 0.29) is 5.54 Å². The number of aliphatic hydroxyl groups is 1. The van der Waals surface area contributed by atoms with Crippen LogP contribution in [0.1, 0.15) is 25.0 Å². The molecule has 2 N–H and O–H groups in total. The van der Waals surface area contributed by atoms with Gasteiger partial charge in [-0.25, -0.2) is 0 Å². The van der Waals surface area contributed by atoms with Crippen molar-refractivity contribution in [3.63, 3.8) is 0 Å². The van der Waals surface area contributed by atoms with Crippen molar-refractivity contribution in [1.82, 2.24) is 5.32 Å². The Morgan fingerprint density at radius 3 is 2.72 bits per heavy atom. The third kappa shape index (κ3) is 3.22. The van der Waals surface area contributed by atoms with Gasteiger partial charge in [-0.2, -0.15) is 0 Å². The zero-order valence-electron chi connectivity index (χ0n) is 11.0. The first-order chi connectivity index (χ1) is 8.63. The SMILES string of the molecule is COc1ccc(C(O)CNC2(C)CCOC2)cc1. The van der Waals surface area contributed by atoms with E-state index in [2.05, 4.69) is 12.2 Å². The van der Waals surface area contributed by atoms with Crippen molar-refractivity contribution < 1.29 is 14.6 Å². The molecule has 0 bridgehead atoms. The molecule has 18 heavy (non-hydrogen) atoms. The Labute approximate surface area is 108 Å². The second kappa shape index (κ2) is 5.69. The maximum Gasteiger partial charge on any atom is 0.118 e. The van der Waals surface area contributed by atoms with Crippen LogP contribution in [0.25, 0.3) is 0 Å². The van der Waals surface area contributed by atoms with Crippen LogP contribution in [-0.4, -0.2) is 37.5 Å². The monoisotopic (exact) mass is 251 g/mol. The third-order valence-corrected chi connectivity index (χ3v) is 3.44. The first-order valence-corrected chi connectivity index (χ1v) is 6.28. The van der Waals surface area contributed by atoms with Gasteiger partial charge in [0.05, 0.1) is 19.8 Å². The van der Waals surface area contributed by atoms with Crippen molar-refractivity contribution in [2.24, 2.45) is 0 Å². The van der Waals surface area contributed by atoms with Gasteiger partial charge in [0.15, 0.2) is 0 Å². The Morgan fingerprint density at radius 2 is 2.17 bits per heavy atom. The zero-order valence-corrected chi connectivity index (χ0v) is 11.0. The predicted molar refractivity (Wildman–Crippen MR) is 69.8 cm³/mol. The van der Waals surface area contributed by atoms with Crippen LogP contribution in [0.4, 0.5) is 0 Å². The van der Waals surface area contributed by atoms with Gasteiger partial charge in [0, 0.05) is 18.7 Å². The zero-order chi connectivity index (χ0) is 13.0. The van der Waals surface area contributed by atoms with E-state index in [1.54, 1.807) is 7.11 Å². The number of aliphatic hydroxyl groups excluding tert-OH is 1. The molecule has 1 saturated heterocycles. The van der Waals surface area contributed by atoms with Gasteiger partial charge in [0.2, 0.25) is 0 Å². The number of ether oxygens (including phenoxy) is 2. The van der Waals surface area contributed by atoms with E-state index < -0.39 is 6.10 Å². The summed E-state index contributed by atoms with van der Waals surface area (Å²) in [5.74, 6) is 0.801. The first-order valence-electron chi connectivity index (χ1n) is 6.28. The van der Waals surface area contributed by atoms with Crippen molar-refractivity contribution in [2.75, 3.05) is 26.9 Å². The average Bonchev–Trinajstić information content (AvgIpc) is 2.83. The number of β-amino-alcohol motifs (C(OH)–C–C–N with tert-alkyl or cyclic N) is 1. The molecule has 100 valence electrons. The van der Waals surface area contributed by atoms with Crippen molar-refractivity contribution in [3.05, 3.63) is 29.8 Å². The van der Waals surface area contributed by atoms with E-state index in [0.717, 1.165) is 24.3 Å². The molecule has 1 aliphatic heterocycles. The molecule has 4 heteroatoms.